The molecule has 0 aromatic rings. The molecule has 62 valence electrons. The van der Waals surface area contributed by atoms with Crippen molar-refractivity contribution in [2.45, 2.75) is 6.42 Å². The fourth-order valence-electron chi connectivity index (χ4n) is 2.54. The van der Waals surface area contributed by atoms with Crippen LogP contribution in [-0.4, -0.2) is 38.3 Å². The second-order valence-corrected chi connectivity index (χ2v) is 3.95. The molecule has 1 saturated heterocycles. The first-order valence-corrected chi connectivity index (χ1v) is 4.42. The van der Waals surface area contributed by atoms with E-state index in [0.29, 0.717) is 0 Å². The summed E-state index contributed by atoms with van der Waals surface area (Å²) < 4.78 is 0. The van der Waals surface area contributed by atoms with E-state index in [1.807, 2.05) is 7.05 Å². The Bertz CT molecular complexity index is 176. The van der Waals surface area contributed by atoms with Crippen molar-refractivity contribution in [1.29, 1.82) is 0 Å². The number of hydrogen-bond donors (Lipinski definition) is 0. The highest BCUT2D eigenvalue weighted by atomic mass is 15.1. The maximum Gasteiger partial charge on any atom is 0.0273 e. The molecule has 0 bridgehead atoms. The smallest absolute Gasteiger partial charge is 0.0273 e. The van der Waals surface area contributed by atoms with Gasteiger partial charge in [-0.1, -0.05) is 0 Å². The van der Waals surface area contributed by atoms with Gasteiger partial charge in [-0.2, -0.15) is 0 Å². The van der Waals surface area contributed by atoms with Crippen LogP contribution in [0.5, 0.6) is 0 Å². The van der Waals surface area contributed by atoms with Gasteiger partial charge in [0.2, 0.25) is 0 Å². The molecular formula is C9H16N2. The van der Waals surface area contributed by atoms with Gasteiger partial charge in [0.05, 0.1) is 0 Å². The molecule has 0 aromatic carbocycles. The molecular weight excluding hydrogens is 136 g/mol. The molecule has 2 rings (SSSR count). The molecule has 0 aromatic heterocycles. The number of likely N-dealkylation sites (tertiary alicyclic amines) is 1. The Kier molecular flexibility index (Phi) is 1.72. The lowest BCUT2D eigenvalue weighted by Gasteiger charge is -2.36. The first-order valence-electron chi connectivity index (χ1n) is 4.42. The van der Waals surface area contributed by atoms with E-state index < -0.39 is 0 Å². The molecule has 1 saturated carbocycles. The summed E-state index contributed by atoms with van der Waals surface area (Å²) in [6.45, 7) is 2.61. The van der Waals surface area contributed by atoms with E-state index in [9.17, 15) is 0 Å². The molecule has 11 heavy (non-hydrogen) atoms. The van der Waals surface area contributed by atoms with Gasteiger partial charge in [0, 0.05) is 26.4 Å². The van der Waals surface area contributed by atoms with Gasteiger partial charge in [0.15, 0.2) is 0 Å². The van der Waals surface area contributed by atoms with E-state index >= 15 is 0 Å². The Hall–Kier alpha value is -0.370. The van der Waals surface area contributed by atoms with Gasteiger partial charge in [-0.25, -0.2) is 0 Å². The van der Waals surface area contributed by atoms with Crippen LogP contribution in [-0.2, 0) is 0 Å². The van der Waals surface area contributed by atoms with Crippen LogP contribution in [0.2, 0.25) is 0 Å². The Labute approximate surface area is 68.3 Å². The zero-order chi connectivity index (χ0) is 7.84. The van der Waals surface area contributed by atoms with Crippen LogP contribution in [0, 0.1) is 17.8 Å². The van der Waals surface area contributed by atoms with Gasteiger partial charge in [-0.3, -0.25) is 0 Å². The van der Waals surface area contributed by atoms with Crippen molar-refractivity contribution >= 4 is 6.21 Å². The SMILES string of the molecule is CN=CC1CC2CN(C)CC12. The van der Waals surface area contributed by atoms with Crippen molar-refractivity contribution in [1.82, 2.24) is 4.90 Å². The average Bonchev–Trinajstić information content (AvgIpc) is 2.24. The number of aliphatic imine (C=N–C) groups is 1. The standard InChI is InChI=1S/C9H16N2/c1-10-4-7-3-8-5-11(2)6-9(7)8/h4,7-9H,3,5-6H2,1-2H3. The van der Waals surface area contributed by atoms with Crippen LogP contribution in [0.1, 0.15) is 6.42 Å². The Morgan fingerprint density at radius 1 is 1.45 bits per heavy atom. The second-order valence-electron chi connectivity index (χ2n) is 3.95. The third kappa shape index (κ3) is 1.09. The monoisotopic (exact) mass is 152 g/mol. The zero-order valence-electron chi connectivity index (χ0n) is 7.33. The molecule has 0 amide bonds. The third-order valence-electron chi connectivity index (χ3n) is 3.14. The molecule has 0 N–H and O–H groups in total. The lowest BCUT2D eigenvalue weighted by molar-refractivity contribution is 0.187. The minimum absolute atomic E-state index is 0.801. The van der Waals surface area contributed by atoms with Crippen LogP contribution in [0.25, 0.3) is 0 Å². The van der Waals surface area contributed by atoms with Gasteiger partial charge in [-0.15, -0.1) is 0 Å². The van der Waals surface area contributed by atoms with Crippen molar-refractivity contribution in [2.75, 3.05) is 27.2 Å². The van der Waals surface area contributed by atoms with Gasteiger partial charge in [0.25, 0.3) is 0 Å². The second kappa shape index (κ2) is 2.59. The molecule has 2 heteroatoms. The van der Waals surface area contributed by atoms with Crippen LogP contribution in [0.4, 0.5) is 0 Å². The number of fused-ring (bicyclic) bond motifs is 1. The van der Waals surface area contributed by atoms with Crippen LogP contribution in [0.15, 0.2) is 4.99 Å². The third-order valence-corrected chi connectivity index (χ3v) is 3.14. The highest BCUT2D eigenvalue weighted by molar-refractivity contribution is 5.62. The first kappa shape index (κ1) is 7.29. The molecule has 0 spiro atoms. The average molecular weight is 152 g/mol. The van der Waals surface area contributed by atoms with Crippen molar-refractivity contribution in [3.63, 3.8) is 0 Å². The maximum atomic E-state index is 4.10. The summed E-state index contributed by atoms with van der Waals surface area (Å²) in [7, 11) is 4.10. The molecule has 1 heterocycles. The predicted octanol–water partition coefficient (Wildman–Crippen LogP) is 0.885. The molecule has 1 aliphatic heterocycles. The molecule has 0 radical (unpaired) electrons. The molecule has 2 fully saturated rings. The maximum absolute atomic E-state index is 4.10. The first-order chi connectivity index (χ1) is 5.31. The highest BCUT2D eigenvalue weighted by Gasteiger charge is 2.44. The summed E-state index contributed by atoms with van der Waals surface area (Å²) in [6, 6.07) is 0. The van der Waals surface area contributed by atoms with Crippen molar-refractivity contribution in [3.8, 4) is 0 Å². The summed E-state index contributed by atoms with van der Waals surface area (Å²) in [4.78, 5) is 6.54. The van der Waals surface area contributed by atoms with E-state index in [0.717, 1.165) is 17.8 Å². The Balaban J connectivity index is 1.94. The quantitative estimate of drug-likeness (QED) is 0.509. The summed E-state index contributed by atoms with van der Waals surface area (Å²) in [5.74, 6) is 2.72. The summed E-state index contributed by atoms with van der Waals surface area (Å²) in [5, 5.41) is 0. The molecule has 2 aliphatic rings. The molecule has 3 unspecified atom stereocenters. The van der Waals surface area contributed by atoms with Crippen LogP contribution < -0.4 is 0 Å². The van der Waals surface area contributed by atoms with Gasteiger partial charge in [-0.05, 0) is 31.2 Å². The fourth-order valence-corrected chi connectivity index (χ4v) is 2.54. The normalized spacial score (nSPS) is 44.4. The molecule has 2 nitrogen and oxygen atoms in total. The van der Waals surface area contributed by atoms with Gasteiger partial charge >= 0.3 is 0 Å². The summed E-state index contributed by atoms with van der Waals surface area (Å²) in [5.41, 5.74) is 0. The lowest BCUT2D eigenvalue weighted by atomic mass is 9.67. The van der Waals surface area contributed by atoms with Crippen molar-refractivity contribution in [3.05, 3.63) is 0 Å². The van der Waals surface area contributed by atoms with E-state index in [1.54, 1.807) is 0 Å². The van der Waals surface area contributed by atoms with E-state index in [4.69, 9.17) is 0 Å². The summed E-state index contributed by atoms with van der Waals surface area (Å²) in [6.07, 6.45) is 3.52. The van der Waals surface area contributed by atoms with Crippen LogP contribution in [0.3, 0.4) is 0 Å². The Morgan fingerprint density at radius 3 is 2.91 bits per heavy atom. The summed E-state index contributed by atoms with van der Waals surface area (Å²) >= 11 is 0. The van der Waals surface area contributed by atoms with Crippen molar-refractivity contribution < 1.29 is 0 Å². The van der Waals surface area contributed by atoms with Crippen molar-refractivity contribution in [2.24, 2.45) is 22.7 Å². The van der Waals surface area contributed by atoms with Crippen LogP contribution >= 0.6 is 0 Å². The number of rotatable bonds is 1. The highest BCUT2D eigenvalue weighted by Crippen LogP contribution is 2.44. The Morgan fingerprint density at radius 2 is 2.27 bits per heavy atom. The molecule has 1 aliphatic carbocycles. The number of hydrogen-bond acceptors (Lipinski definition) is 2. The predicted molar refractivity (Wildman–Crippen MR) is 47.0 cm³/mol. The fraction of sp³-hybridized carbons (Fsp3) is 0.889. The molecule has 3 atom stereocenters. The topological polar surface area (TPSA) is 15.6 Å². The minimum Gasteiger partial charge on any atom is -0.306 e. The van der Waals surface area contributed by atoms with Gasteiger partial charge < -0.3 is 9.89 Å². The van der Waals surface area contributed by atoms with E-state index in [-0.39, 0.29) is 0 Å². The van der Waals surface area contributed by atoms with Gasteiger partial charge in [0.1, 0.15) is 0 Å². The lowest BCUT2D eigenvalue weighted by Crippen LogP contribution is -2.36. The number of nitrogens with zero attached hydrogens (tertiary/aromatic N) is 2. The van der Waals surface area contributed by atoms with E-state index in [1.165, 1.54) is 19.5 Å². The van der Waals surface area contributed by atoms with E-state index in [2.05, 4.69) is 23.2 Å². The largest absolute Gasteiger partial charge is 0.306 e. The minimum atomic E-state index is 0.801. The zero-order valence-corrected chi connectivity index (χ0v) is 7.33.